The summed E-state index contributed by atoms with van der Waals surface area (Å²) in [6, 6.07) is 4.10. The summed E-state index contributed by atoms with van der Waals surface area (Å²) in [7, 11) is 0. The van der Waals surface area contributed by atoms with E-state index in [1.807, 2.05) is 6.26 Å². The van der Waals surface area contributed by atoms with Crippen LogP contribution >= 0.6 is 11.8 Å². The van der Waals surface area contributed by atoms with Crippen LogP contribution in [0, 0.1) is 5.82 Å². The highest BCUT2D eigenvalue weighted by Gasteiger charge is 2.28. The zero-order valence-corrected chi connectivity index (χ0v) is 11.2. The molecule has 0 bridgehead atoms. The van der Waals surface area contributed by atoms with E-state index in [1.54, 1.807) is 22.7 Å². The predicted molar refractivity (Wildman–Crippen MR) is 73.4 cm³/mol. The average Bonchev–Trinajstić information content (AvgIpc) is 2.77. The van der Waals surface area contributed by atoms with Crippen molar-refractivity contribution in [3.8, 4) is 0 Å². The van der Waals surface area contributed by atoms with Crippen LogP contribution in [-0.2, 0) is 11.2 Å². The van der Waals surface area contributed by atoms with Gasteiger partial charge in [0.05, 0.1) is 6.04 Å². The zero-order valence-electron chi connectivity index (χ0n) is 10.4. The Morgan fingerprint density at radius 1 is 1.61 bits per heavy atom. The Labute approximate surface area is 111 Å². The van der Waals surface area contributed by atoms with Crippen LogP contribution in [0.3, 0.4) is 0 Å². The van der Waals surface area contributed by atoms with Crippen LogP contribution in [0.5, 0.6) is 0 Å². The van der Waals surface area contributed by atoms with E-state index in [1.165, 1.54) is 12.1 Å². The van der Waals surface area contributed by atoms with Gasteiger partial charge in [0.15, 0.2) is 0 Å². The number of nitrogens with zero attached hydrogens (tertiary/aromatic N) is 1. The number of carbonyl (C=O) groups excluding carboxylic acids is 1. The Bertz CT molecular complexity index is 453. The number of amides is 1. The fourth-order valence-corrected chi connectivity index (χ4v) is 2.64. The van der Waals surface area contributed by atoms with E-state index in [-0.39, 0.29) is 11.7 Å². The molecule has 0 saturated carbocycles. The quantitative estimate of drug-likeness (QED) is 0.905. The number of nitrogens with two attached hydrogens (primary N) is 1. The molecule has 0 aromatic heterocycles. The second-order valence-electron chi connectivity index (χ2n) is 4.40. The summed E-state index contributed by atoms with van der Waals surface area (Å²) in [4.78, 5) is 13.8. The lowest BCUT2D eigenvalue weighted by Gasteiger charge is -2.21. The SMILES string of the molecule is CSCC[C@@H](N)C(=O)N1CCc2ccc(F)cc21. The highest BCUT2D eigenvalue weighted by molar-refractivity contribution is 7.98. The molecule has 3 nitrogen and oxygen atoms in total. The van der Waals surface area contributed by atoms with Crippen molar-refractivity contribution in [2.75, 3.05) is 23.5 Å². The molecule has 1 aromatic carbocycles. The van der Waals surface area contributed by atoms with Crippen LogP contribution < -0.4 is 10.6 Å². The van der Waals surface area contributed by atoms with Crippen LogP contribution in [0.1, 0.15) is 12.0 Å². The second-order valence-corrected chi connectivity index (χ2v) is 5.39. The molecule has 0 aliphatic carbocycles. The molecule has 2 N–H and O–H groups in total. The molecule has 1 aromatic rings. The van der Waals surface area contributed by atoms with Gasteiger partial charge in [-0.1, -0.05) is 6.07 Å². The van der Waals surface area contributed by atoms with Crippen molar-refractivity contribution in [1.29, 1.82) is 0 Å². The van der Waals surface area contributed by atoms with Crippen LogP contribution in [0.15, 0.2) is 18.2 Å². The number of halogens is 1. The number of carbonyl (C=O) groups is 1. The number of hydrogen-bond acceptors (Lipinski definition) is 3. The third-order valence-electron chi connectivity index (χ3n) is 3.16. The highest BCUT2D eigenvalue weighted by Crippen LogP contribution is 2.29. The maximum absolute atomic E-state index is 13.2. The molecule has 1 atom stereocenters. The molecule has 0 radical (unpaired) electrons. The van der Waals surface area contributed by atoms with Gasteiger partial charge in [-0.2, -0.15) is 11.8 Å². The molecule has 1 aliphatic rings. The first kappa shape index (κ1) is 13.4. The molecular weight excluding hydrogens is 251 g/mol. The highest BCUT2D eigenvalue weighted by atomic mass is 32.2. The van der Waals surface area contributed by atoms with Gasteiger partial charge in [0, 0.05) is 12.2 Å². The lowest BCUT2D eigenvalue weighted by Crippen LogP contribution is -2.43. The van der Waals surface area contributed by atoms with Gasteiger partial charge in [0.1, 0.15) is 5.82 Å². The molecule has 5 heteroatoms. The van der Waals surface area contributed by atoms with Crippen LogP contribution in [0.25, 0.3) is 0 Å². The third kappa shape index (κ3) is 2.67. The molecular formula is C13H17FN2OS. The molecule has 98 valence electrons. The van der Waals surface area contributed by atoms with Gasteiger partial charge >= 0.3 is 0 Å². The third-order valence-corrected chi connectivity index (χ3v) is 3.80. The largest absolute Gasteiger partial charge is 0.320 e. The van der Waals surface area contributed by atoms with E-state index in [2.05, 4.69) is 0 Å². The van der Waals surface area contributed by atoms with Crippen LogP contribution in [-0.4, -0.2) is 30.5 Å². The van der Waals surface area contributed by atoms with Crippen molar-refractivity contribution < 1.29 is 9.18 Å². The molecule has 1 amide bonds. The summed E-state index contributed by atoms with van der Waals surface area (Å²) in [5.74, 6) is 0.441. The van der Waals surface area contributed by atoms with Crippen LogP contribution in [0.2, 0.25) is 0 Å². The minimum Gasteiger partial charge on any atom is -0.320 e. The Morgan fingerprint density at radius 3 is 3.11 bits per heavy atom. The second kappa shape index (κ2) is 5.71. The smallest absolute Gasteiger partial charge is 0.243 e. The van der Waals surface area contributed by atoms with E-state index in [0.717, 1.165) is 17.7 Å². The van der Waals surface area contributed by atoms with Gasteiger partial charge in [0.2, 0.25) is 5.91 Å². The van der Waals surface area contributed by atoms with Crippen molar-refractivity contribution in [3.05, 3.63) is 29.6 Å². The Hall–Kier alpha value is -1.07. The summed E-state index contributed by atoms with van der Waals surface area (Å²) < 4.78 is 13.2. The first-order valence-corrected chi connectivity index (χ1v) is 7.37. The van der Waals surface area contributed by atoms with Gasteiger partial charge in [0.25, 0.3) is 0 Å². The molecule has 0 spiro atoms. The molecule has 1 aliphatic heterocycles. The van der Waals surface area contributed by atoms with Crippen molar-refractivity contribution in [3.63, 3.8) is 0 Å². The average molecular weight is 268 g/mol. The Morgan fingerprint density at radius 2 is 2.39 bits per heavy atom. The Balaban J connectivity index is 2.12. The lowest BCUT2D eigenvalue weighted by molar-refractivity contribution is -0.119. The van der Waals surface area contributed by atoms with E-state index < -0.39 is 6.04 Å². The summed E-state index contributed by atoms with van der Waals surface area (Å²) >= 11 is 1.67. The summed E-state index contributed by atoms with van der Waals surface area (Å²) in [6.45, 7) is 0.602. The molecule has 18 heavy (non-hydrogen) atoms. The van der Waals surface area contributed by atoms with Gasteiger partial charge in [-0.3, -0.25) is 4.79 Å². The van der Waals surface area contributed by atoms with Gasteiger partial charge < -0.3 is 10.6 Å². The first-order valence-electron chi connectivity index (χ1n) is 5.98. The predicted octanol–water partition coefficient (Wildman–Crippen LogP) is 1.80. The van der Waals surface area contributed by atoms with Gasteiger partial charge in [-0.05, 0) is 42.5 Å². The number of rotatable bonds is 4. The van der Waals surface area contributed by atoms with Crippen molar-refractivity contribution in [2.24, 2.45) is 5.73 Å². The topological polar surface area (TPSA) is 46.3 Å². The van der Waals surface area contributed by atoms with E-state index in [0.29, 0.717) is 18.7 Å². The number of fused-ring (bicyclic) bond motifs is 1. The van der Waals surface area contributed by atoms with Crippen molar-refractivity contribution >= 4 is 23.4 Å². The minimum atomic E-state index is -0.494. The number of thioether (sulfide) groups is 1. The normalized spacial score (nSPS) is 15.6. The fraction of sp³-hybridized carbons (Fsp3) is 0.462. The monoisotopic (exact) mass is 268 g/mol. The van der Waals surface area contributed by atoms with Gasteiger partial charge in [-0.15, -0.1) is 0 Å². The van der Waals surface area contributed by atoms with E-state index >= 15 is 0 Å². The molecule has 0 fully saturated rings. The van der Waals surface area contributed by atoms with Crippen molar-refractivity contribution in [1.82, 2.24) is 0 Å². The van der Waals surface area contributed by atoms with Gasteiger partial charge in [-0.25, -0.2) is 4.39 Å². The summed E-state index contributed by atoms with van der Waals surface area (Å²) in [5, 5.41) is 0. The van der Waals surface area contributed by atoms with Crippen molar-refractivity contribution in [2.45, 2.75) is 18.9 Å². The number of hydrogen-bond donors (Lipinski definition) is 1. The molecule has 0 saturated heterocycles. The first-order chi connectivity index (χ1) is 8.63. The minimum absolute atomic E-state index is 0.103. The summed E-state index contributed by atoms with van der Waals surface area (Å²) in [5.41, 5.74) is 7.58. The molecule has 0 unspecified atom stereocenters. The zero-order chi connectivity index (χ0) is 13.1. The molecule has 2 rings (SSSR count). The maximum atomic E-state index is 13.2. The molecule has 1 heterocycles. The fourth-order valence-electron chi connectivity index (χ4n) is 2.15. The maximum Gasteiger partial charge on any atom is 0.243 e. The lowest BCUT2D eigenvalue weighted by atomic mass is 10.1. The number of benzene rings is 1. The van der Waals surface area contributed by atoms with E-state index in [4.69, 9.17) is 5.73 Å². The standard InChI is InChI=1S/C13H17FN2OS/c1-18-7-5-11(15)13(17)16-6-4-9-2-3-10(14)8-12(9)16/h2-3,8,11H,4-7,15H2,1H3/t11-/m1/s1. The number of anilines is 1. The van der Waals surface area contributed by atoms with E-state index in [9.17, 15) is 9.18 Å². The van der Waals surface area contributed by atoms with Crippen LogP contribution in [0.4, 0.5) is 10.1 Å². The Kier molecular flexibility index (Phi) is 4.24. The summed E-state index contributed by atoms with van der Waals surface area (Å²) in [6.07, 6.45) is 3.41.